The van der Waals surface area contributed by atoms with Crippen LogP contribution in [0.3, 0.4) is 0 Å². The second-order valence-corrected chi connectivity index (χ2v) is 3.37. The molecule has 0 saturated heterocycles. The first-order valence-electron chi connectivity index (χ1n) is 3.39. The molecule has 1 aromatic heterocycles. The van der Waals surface area contributed by atoms with Gasteiger partial charge in [-0.2, -0.15) is 0 Å². The van der Waals surface area contributed by atoms with Crippen molar-refractivity contribution in [3.8, 4) is 0 Å². The third-order valence-electron chi connectivity index (χ3n) is 1.49. The second-order valence-electron chi connectivity index (χ2n) is 2.29. The van der Waals surface area contributed by atoms with E-state index in [1.54, 1.807) is 0 Å². The number of pyridine rings is 1. The maximum absolute atomic E-state index is 13.1. The van der Waals surface area contributed by atoms with Gasteiger partial charge in [-0.1, -0.05) is 0 Å². The summed E-state index contributed by atoms with van der Waals surface area (Å²) in [5.74, 6) is -0.749. The van der Waals surface area contributed by atoms with Crippen LogP contribution >= 0.6 is 22.6 Å². The first-order chi connectivity index (χ1) is 6.07. The predicted octanol–water partition coefficient (Wildman–Crippen LogP) is 2.22. The van der Waals surface area contributed by atoms with Crippen LogP contribution in [0.4, 0.5) is 13.2 Å². The average molecular weight is 302 g/mol. The van der Waals surface area contributed by atoms with Gasteiger partial charge >= 0.3 is 0 Å². The fourth-order valence-corrected chi connectivity index (χ4v) is 1.49. The van der Waals surface area contributed by atoms with Gasteiger partial charge in [0.25, 0.3) is 6.43 Å². The van der Waals surface area contributed by atoms with Gasteiger partial charge in [-0.25, -0.2) is 13.2 Å². The first-order valence-corrected chi connectivity index (χ1v) is 4.46. The molecular formula is C7H6F3IN2. The quantitative estimate of drug-likeness (QED) is 0.851. The van der Waals surface area contributed by atoms with Crippen LogP contribution in [-0.4, -0.2) is 4.98 Å². The van der Waals surface area contributed by atoms with Gasteiger partial charge in [0.05, 0.1) is 14.8 Å². The van der Waals surface area contributed by atoms with E-state index >= 15 is 0 Å². The zero-order chi connectivity index (χ0) is 10.0. The van der Waals surface area contributed by atoms with Crippen LogP contribution in [0.2, 0.25) is 0 Å². The van der Waals surface area contributed by atoms with Crippen molar-refractivity contribution in [1.29, 1.82) is 0 Å². The maximum Gasteiger partial charge on any atom is 0.266 e. The summed E-state index contributed by atoms with van der Waals surface area (Å²) in [5, 5.41) is 0. The summed E-state index contributed by atoms with van der Waals surface area (Å²) in [4.78, 5) is 3.49. The topological polar surface area (TPSA) is 38.9 Å². The Bertz CT molecular complexity index is 317. The highest BCUT2D eigenvalue weighted by Gasteiger charge is 2.17. The van der Waals surface area contributed by atoms with Gasteiger partial charge in [-0.15, -0.1) is 0 Å². The Hall–Kier alpha value is -0.370. The molecule has 0 radical (unpaired) electrons. The number of nitrogens with two attached hydrogens (primary N) is 1. The van der Waals surface area contributed by atoms with Gasteiger partial charge in [-0.3, -0.25) is 4.98 Å². The summed E-state index contributed by atoms with van der Waals surface area (Å²) >= 11 is 1.52. The van der Waals surface area contributed by atoms with Gasteiger partial charge in [0.2, 0.25) is 0 Å². The summed E-state index contributed by atoms with van der Waals surface area (Å²) in [7, 11) is 0. The molecule has 0 aliphatic carbocycles. The lowest BCUT2D eigenvalue weighted by Crippen LogP contribution is -2.07. The van der Waals surface area contributed by atoms with Crippen molar-refractivity contribution in [2.45, 2.75) is 13.0 Å². The second kappa shape index (κ2) is 4.23. The Morgan fingerprint density at radius 3 is 2.62 bits per heavy atom. The Kier molecular flexibility index (Phi) is 3.48. The van der Waals surface area contributed by atoms with Crippen molar-refractivity contribution >= 4 is 22.6 Å². The number of hydrogen-bond acceptors (Lipinski definition) is 2. The zero-order valence-corrected chi connectivity index (χ0v) is 8.56. The Balaban J connectivity index is 3.23. The largest absolute Gasteiger partial charge is 0.325 e. The summed E-state index contributed by atoms with van der Waals surface area (Å²) in [6.45, 7) is -0.0919. The van der Waals surface area contributed by atoms with Crippen LogP contribution in [0.15, 0.2) is 6.20 Å². The summed E-state index contributed by atoms with van der Waals surface area (Å²) in [6.07, 6.45) is -1.75. The van der Waals surface area contributed by atoms with Gasteiger partial charge < -0.3 is 5.73 Å². The van der Waals surface area contributed by atoms with E-state index in [0.29, 0.717) is 0 Å². The monoisotopic (exact) mass is 302 g/mol. The number of nitrogens with zero attached hydrogens (tertiary/aromatic N) is 1. The van der Waals surface area contributed by atoms with Crippen molar-refractivity contribution in [3.63, 3.8) is 0 Å². The van der Waals surface area contributed by atoms with Crippen LogP contribution in [0.5, 0.6) is 0 Å². The molecular weight excluding hydrogens is 296 g/mol. The third-order valence-corrected chi connectivity index (χ3v) is 2.58. The minimum absolute atomic E-state index is 0.00815. The van der Waals surface area contributed by atoms with Crippen LogP contribution in [0, 0.1) is 9.39 Å². The van der Waals surface area contributed by atoms with E-state index in [4.69, 9.17) is 5.73 Å². The molecule has 2 nitrogen and oxygen atoms in total. The minimum Gasteiger partial charge on any atom is -0.325 e. The molecule has 0 aliphatic rings. The van der Waals surface area contributed by atoms with Gasteiger partial charge in [-0.05, 0) is 22.6 Å². The number of aromatic nitrogens is 1. The highest BCUT2D eigenvalue weighted by Crippen LogP contribution is 2.26. The van der Waals surface area contributed by atoms with Crippen LogP contribution in [0.1, 0.15) is 17.7 Å². The molecule has 0 atom stereocenters. The van der Waals surface area contributed by atoms with Gasteiger partial charge in [0, 0.05) is 12.7 Å². The van der Waals surface area contributed by atoms with E-state index in [1.165, 1.54) is 22.6 Å². The van der Waals surface area contributed by atoms with Crippen molar-refractivity contribution in [2.75, 3.05) is 0 Å². The fraction of sp³-hybridized carbons (Fsp3) is 0.286. The van der Waals surface area contributed by atoms with Gasteiger partial charge in [0.15, 0.2) is 5.82 Å². The number of hydrogen-bond donors (Lipinski definition) is 1. The van der Waals surface area contributed by atoms with E-state index in [1.807, 2.05) is 0 Å². The molecule has 0 aromatic carbocycles. The Morgan fingerprint density at radius 1 is 1.54 bits per heavy atom. The molecule has 0 fully saturated rings. The van der Waals surface area contributed by atoms with Crippen molar-refractivity contribution < 1.29 is 13.2 Å². The molecule has 0 saturated carbocycles. The highest BCUT2D eigenvalue weighted by molar-refractivity contribution is 14.1. The standard InChI is InChI=1S/C7H6F3IN2/c8-5-4(1-12)13-2-3(6(5)11)7(9)10/h2,7H,1,12H2. The summed E-state index contributed by atoms with van der Waals surface area (Å²) < 4.78 is 37.4. The van der Waals surface area contributed by atoms with Crippen LogP contribution in [0.25, 0.3) is 0 Å². The van der Waals surface area contributed by atoms with E-state index < -0.39 is 17.8 Å². The zero-order valence-electron chi connectivity index (χ0n) is 6.40. The van der Waals surface area contributed by atoms with E-state index in [0.717, 1.165) is 6.20 Å². The predicted molar refractivity (Wildman–Crippen MR) is 49.8 cm³/mol. The molecule has 0 amide bonds. The molecule has 0 spiro atoms. The number of halogens is 4. The number of rotatable bonds is 2. The van der Waals surface area contributed by atoms with E-state index in [2.05, 4.69) is 4.98 Å². The molecule has 1 heterocycles. The van der Waals surface area contributed by atoms with E-state index in [9.17, 15) is 13.2 Å². The Labute approximate surface area is 86.5 Å². The molecule has 6 heteroatoms. The molecule has 72 valence electrons. The third kappa shape index (κ3) is 2.11. The van der Waals surface area contributed by atoms with Crippen LogP contribution < -0.4 is 5.73 Å². The van der Waals surface area contributed by atoms with Crippen LogP contribution in [-0.2, 0) is 6.54 Å². The molecule has 0 bridgehead atoms. The van der Waals surface area contributed by atoms with Crippen molar-refractivity contribution in [2.24, 2.45) is 5.73 Å². The lowest BCUT2D eigenvalue weighted by atomic mass is 10.2. The minimum atomic E-state index is -2.71. The Morgan fingerprint density at radius 2 is 2.15 bits per heavy atom. The fourth-order valence-electron chi connectivity index (χ4n) is 0.809. The first kappa shape index (κ1) is 10.7. The highest BCUT2D eigenvalue weighted by atomic mass is 127. The SMILES string of the molecule is NCc1ncc(C(F)F)c(I)c1F. The summed E-state index contributed by atoms with van der Waals surface area (Å²) in [6, 6.07) is 0. The average Bonchev–Trinajstić information content (AvgIpc) is 2.09. The molecule has 13 heavy (non-hydrogen) atoms. The molecule has 1 rings (SSSR count). The lowest BCUT2D eigenvalue weighted by molar-refractivity contribution is 0.149. The molecule has 2 N–H and O–H groups in total. The van der Waals surface area contributed by atoms with Crippen molar-refractivity contribution in [3.05, 3.63) is 26.8 Å². The molecule has 0 unspecified atom stereocenters. The van der Waals surface area contributed by atoms with E-state index in [-0.39, 0.29) is 15.8 Å². The molecule has 0 aliphatic heterocycles. The normalized spacial score (nSPS) is 10.9. The number of alkyl halides is 2. The van der Waals surface area contributed by atoms with Gasteiger partial charge in [0.1, 0.15) is 0 Å². The lowest BCUT2D eigenvalue weighted by Gasteiger charge is -2.06. The molecule has 1 aromatic rings. The summed E-state index contributed by atoms with van der Waals surface area (Å²) in [5.41, 5.74) is 4.77. The smallest absolute Gasteiger partial charge is 0.266 e. The maximum atomic E-state index is 13.1. The van der Waals surface area contributed by atoms with Crippen molar-refractivity contribution in [1.82, 2.24) is 4.98 Å².